The number of piperidine rings is 1. The molecule has 11 heteroatoms. The number of anilines is 1. The number of fused-ring (bicyclic) bond motifs is 1. The van der Waals surface area contributed by atoms with E-state index in [1.54, 1.807) is 18.2 Å². The number of imide groups is 2. The highest BCUT2D eigenvalue weighted by molar-refractivity contribution is 6.25. The minimum atomic E-state index is -0.987. The van der Waals surface area contributed by atoms with Crippen molar-refractivity contribution in [1.82, 2.24) is 15.5 Å². The van der Waals surface area contributed by atoms with E-state index < -0.39 is 41.4 Å². The zero-order chi connectivity index (χ0) is 26.3. The molecule has 196 valence electrons. The highest BCUT2D eigenvalue weighted by Crippen LogP contribution is 2.32. The molecule has 1 saturated heterocycles. The second-order valence-electron chi connectivity index (χ2n) is 9.70. The third-order valence-electron chi connectivity index (χ3n) is 5.63. The summed E-state index contributed by atoms with van der Waals surface area (Å²) in [6.07, 6.45) is 2.00. The Morgan fingerprint density at radius 1 is 1.06 bits per heavy atom. The van der Waals surface area contributed by atoms with E-state index in [1.807, 2.05) is 20.8 Å². The van der Waals surface area contributed by atoms with Crippen molar-refractivity contribution in [2.45, 2.75) is 64.5 Å². The quantitative estimate of drug-likeness (QED) is 0.309. The molecular formula is C25H34N4O7. The second kappa shape index (κ2) is 12.0. The fourth-order valence-electron chi connectivity index (χ4n) is 4.00. The first-order chi connectivity index (χ1) is 17.1. The summed E-state index contributed by atoms with van der Waals surface area (Å²) in [4.78, 5) is 62.1. The molecule has 0 saturated carbocycles. The van der Waals surface area contributed by atoms with Crippen LogP contribution in [0.2, 0.25) is 0 Å². The van der Waals surface area contributed by atoms with Crippen LogP contribution in [0.3, 0.4) is 0 Å². The number of nitrogens with one attached hydrogen (secondary N) is 3. The van der Waals surface area contributed by atoms with E-state index in [2.05, 4.69) is 16.0 Å². The van der Waals surface area contributed by atoms with E-state index >= 15 is 0 Å². The average Bonchev–Trinajstić information content (AvgIpc) is 3.05. The molecule has 0 aliphatic carbocycles. The molecule has 1 atom stereocenters. The average molecular weight is 503 g/mol. The highest BCUT2D eigenvalue weighted by atomic mass is 16.6. The van der Waals surface area contributed by atoms with E-state index in [0.717, 1.165) is 17.7 Å². The number of rotatable bonds is 11. The highest BCUT2D eigenvalue weighted by Gasteiger charge is 2.45. The molecule has 0 aromatic heterocycles. The summed E-state index contributed by atoms with van der Waals surface area (Å²) >= 11 is 0. The number of hydrogen-bond donors (Lipinski definition) is 3. The smallest absolute Gasteiger partial charge is 0.407 e. The number of carbonyl (C=O) groups is 5. The van der Waals surface area contributed by atoms with Gasteiger partial charge in [-0.05, 0) is 58.6 Å². The summed E-state index contributed by atoms with van der Waals surface area (Å²) < 4.78 is 10.7. The largest absolute Gasteiger partial charge is 0.444 e. The summed E-state index contributed by atoms with van der Waals surface area (Å²) in [5.74, 6) is -2.09. The van der Waals surface area contributed by atoms with Crippen LogP contribution in [0.5, 0.6) is 0 Å². The van der Waals surface area contributed by atoms with Gasteiger partial charge in [-0.1, -0.05) is 6.07 Å². The SMILES string of the molecule is CC(C)(C)OC(=O)NCCCOCCCCNc1cccc2c1C(=O)N(C1CCC(=O)NC1=O)C2=O. The summed E-state index contributed by atoms with van der Waals surface area (Å²) in [7, 11) is 0. The molecule has 0 bridgehead atoms. The van der Waals surface area contributed by atoms with Gasteiger partial charge in [0.1, 0.15) is 11.6 Å². The Bertz CT molecular complexity index is 1020. The van der Waals surface area contributed by atoms with Crippen molar-refractivity contribution in [2.75, 3.05) is 31.6 Å². The molecule has 1 unspecified atom stereocenters. The number of hydrogen-bond acceptors (Lipinski definition) is 8. The predicted molar refractivity (Wildman–Crippen MR) is 131 cm³/mol. The van der Waals surface area contributed by atoms with Crippen LogP contribution >= 0.6 is 0 Å². The van der Waals surface area contributed by atoms with Gasteiger partial charge in [-0.25, -0.2) is 4.79 Å². The maximum absolute atomic E-state index is 13.1. The molecule has 1 fully saturated rings. The predicted octanol–water partition coefficient (Wildman–Crippen LogP) is 2.21. The molecule has 1 aromatic carbocycles. The van der Waals surface area contributed by atoms with Crippen LogP contribution in [0.1, 0.15) is 73.6 Å². The van der Waals surface area contributed by atoms with Crippen molar-refractivity contribution in [2.24, 2.45) is 0 Å². The molecule has 0 spiro atoms. The molecule has 0 radical (unpaired) electrons. The Morgan fingerprint density at radius 3 is 2.53 bits per heavy atom. The maximum Gasteiger partial charge on any atom is 0.407 e. The van der Waals surface area contributed by atoms with E-state index in [1.165, 1.54) is 0 Å². The van der Waals surface area contributed by atoms with Crippen molar-refractivity contribution >= 4 is 35.4 Å². The standard InChI is InChI=1S/C25H34N4O7/c1-25(2,3)36-24(34)27-13-7-15-35-14-5-4-12-26-17-9-6-8-16-20(17)23(33)29(22(16)32)18-10-11-19(30)28-21(18)31/h6,8-9,18,26H,4-5,7,10-15H2,1-3H3,(H,27,34)(H,28,30,31). The summed E-state index contributed by atoms with van der Waals surface area (Å²) in [6, 6.07) is 4.00. The minimum absolute atomic E-state index is 0.0806. The van der Waals surface area contributed by atoms with Gasteiger partial charge in [-0.15, -0.1) is 0 Å². The van der Waals surface area contributed by atoms with Gasteiger partial charge in [0, 0.05) is 38.4 Å². The monoisotopic (exact) mass is 502 g/mol. The molecule has 11 nitrogen and oxygen atoms in total. The molecule has 5 amide bonds. The molecule has 2 aliphatic heterocycles. The first-order valence-electron chi connectivity index (χ1n) is 12.2. The first kappa shape index (κ1) is 27.1. The Labute approximate surface area is 210 Å². The second-order valence-corrected chi connectivity index (χ2v) is 9.70. The fourth-order valence-corrected chi connectivity index (χ4v) is 4.00. The molecule has 2 heterocycles. The van der Waals surface area contributed by atoms with Gasteiger partial charge >= 0.3 is 6.09 Å². The van der Waals surface area contributed by atoms with Crippen LogP contribution in [-0.4, -0.2) is 72.6 Å². The van der Waals surface area contributed by atoms with E-state index in [-0.39, 0.29) is 24.0 Å². The van der Waals surface area contributed by atoms with Crippen molar-refractivity contribution in [1.29, 1.82) is 0 Å². The number of benzene rings is 1. The lowest BCUT2D eigenvalue weighted by atomic mass is 10.0. The van der Waals surface area contributed by atoms with E-state index in [0.29, 0.717) is 38.4 Å². The van der Waals surface area contributed by atoms with Crippen molar-refractivity contribution in [3.63, 3.8) is 0 Å². The van der Waals surface area contributed by atoms with Crippen LogP contribution in [-0.2, 0) is 19.1 Å². The summed E-state index contributed by atoms with van der Waals surface area (Å²) in [6.45, 7) is 7.54. The number of alkyl carbamates (subject to hydrolysis) is 1. The van der Waals surface area contributed by atoms with Crippen molar-refractivity contribution in [3.8, 4) is 0 Å². The first-order valence-corrected chi connectivity index (χ1v) is 12.2. The van der Waals surface area contributed by atoms with Crippen LogP contribution in [0.15, 0.2) is 18.2 Å². The lowest BCUT2D eigenvalue weighted by Crippen LogP contribution is -2.54. The minimum Gasteiger partial charge on any atom is -0.444 e. The third kappa shape index (κ3) is 7.03. The van der Waals surface area contributed by atoms with E-state index in [9.17, 15) is 24.0 Å². The number of carbonyl (C=O) groups excluding carboxylic acids is 5. The van der Waals surface area contributed by atoms with Crippen LogP contribution < -0.4 is 16.0 Å². The van der Waals surface area contributed by atoms with Gasteiger partial charge in [0.05, 0.1) is 11.1 Å². The van der Waals surface area contributed by atoms with Crippen molar-refractivity contribution < 1.29 is 33.4 Å². The summed E-state index contributed by atoms with van der Waals surface area (Å²) in [5, 5.41) is 8.09. The normalized spacial score (nSPS) is 17.6. The van der Waals surface area contributed by atoms with Gasteiger partial charge in [0.15, 0.2) is 0 Å². The molecule has 36 heavy (non-hydrogen) atoms. The lowest BCUT2D eigenvalue weighted by Gasteiger charge is -2.27. The lowest BCUT2D eigenvalue weighted by molar-refractivity contribution is -0.136. The Morgan fingerprint density at radius 2 is 1.81 bits per heavy atom. The van der Waals surface area contributed by atoms with E-state index in [4.69, 9.17) is 9.47 Å². The topological polar surface area (TPSA) is 143 Å². The zero-order valence-corrected chi connectivity index (χ0v) is 21.0. The maximum atomic E-state index is 13.1. The Kier molecular flexibility index (Phi) is 9.03. The Balaban J connectivity index is 1.38. The van der Waals surface area contributed by atoms with Crippen molar-refractivity contribution in [3.05, 3.63) is 29.3 Å². The van der Waals surface area contributed by atoms with Crippen LogP contribution in [0.25, 0.3) is 0 Å². The number of ether oxygens (including phenoxy) is 2. The molecular weight excluding hydrogens is 468 g/mol. The molecule has 3 rings (SSSR count). The van der Waals surface area contributed by atoms with Gasteiger partial charge in [-0.3, -0.25) is 29.4 Å². The van der Waals surface area contributed by atoms with Gasteiger partial charge in [0.25, 0.3) is 11.8 Å². The van der Waals surface area contributed by atoms with Gasteiger partial charge in [0.2, 0.25) is 11.8 Å². The molecule has 2 aliphatic rings. The Hall–Kier alpha value is -3.47. The van der Waals surface area contributed by atoms with Crippen LogP contribution in [0, 0.1) is 0 Å². The summed E-state index contributed by atoms with van der Waals surface area (Å²) in [5.41, 5.74) is 0.512. The van der Waals surface area contributed by atoms with Crippen LogP contribution in [0.4, 0.5) is 10.5 Å². The fraction of sp³-hybridized carbons (Fsp3) is 0.560. The van der Waals surface area contributed by atoms with Gasteiger partial charge in [-0.2, -0.15) is 0 Å². The number of amides is 5. The molecule has 1 aromatic rings. The number of unbranched alkanes of at least 4 members (excludes halogenated alkanes) is 1. The zero-order valence-electron chi connectivity index (χ0n) is 21.0. The number of nitrogens with zero attached hydrogens (tertiary/aromatic N) is 1. The van der Waals surface area contributed by atoms with Gasteiger partial charge < -0.3 is 20.1 Å². The molecule has 3 N–H and O–H groups in total. The third-order valence-corrected chi connectivity index (χ3v) is 5.63.